The van der Waals surface area contributed by atoms with E-state index in [4.69, 9.17) is 0 Å². The molecule has 0 saturated heterocycles. The van der Waals surface area contributed by atoms with Crippen LogP contribution in [0.2, 0.25) is 0 Å². The third-order valence-corrected chi connectivity index (χ3v) is 4.26. The highest BCUT2D eigenvalue weighted by Gasteiger charge is 2.08. The summed E-state index contributed by atoms with van der Waals surface area (Å²) < 4.78 is 2.30. The molecule has 0 bridgehead atoms. The van der Waals surface area contributed by atoms with Gasteiger partial charge in [0.05, 0.1) is 22.8 Å². The van der Waals surface area contributed by atoms with E-state index >= 15 is 0 Å². The Balaban J connectivity index is 1.98. The highest BCUT2D eigenvalue weighted by Crippen LogP contribution is 2.22. The molecule has 1 aromatic carbocycles. The summed E-state index contributed by atoms with van der Waals surface area (Å²) in [6.45, 7) is 6.93. The van der Waals surface area contributed by atoms with Gasteiger partial charge in [0.15, 0.2) is 0 Å². The molecule has 20 heavy (non-hydrogen) atoms. The molecule has 0 atom stereocenters. The Labute approximate surface area is 123 Å². The molecular formula is C16H19N3S. The largest absolute Gasteiger partial charge is 0.341 e. The van der Waals surface area contributed by atoms with Gasteiger partial charge in [0.1, 0.15) is 0 Å². The number of hydrogen-bond acceptors (Lipinski definition) is 3. The van der Waals surface area contributed by atoms with Gasteiger partial charge in [-0.05, 0) is 30.5 Å². The molecule has 0 unspecified atom stereocenters. The number of benzene rings is 1. The third-order valence-electron chi connectivity index (χ3n) is 3.44. The summed E-state index contributed by atoms with van der Waals surface area (Å²) >= 11 is 1.71. The molecule has 0 aliphatic carbocycles. The van der Waals surface area contributed by atoms with E-state index in [1.165, 1.54) is 16.5 Å². The first-order valence-electron chi connectivity index (χ1n) is 6.96. The van der Waals surface area contributed by atoms with E-state index in [1.807, 2.05) is 0 Å². The Morgan fingerprint density at radius 1 is 1.30 bits per heavy atom. The first kappa shape index (κ1) is 13.3. The average molecular weight is 285 g/mol. The van der Waals surface area contributed by atoms with Crippen molar-refractivity contribution < 1.29 is 0 Å². The number of fused-ring (bicyclic) bond motifs is 1. The average Bonchev–Trinajstić information content (AvgIpc) is 3.04. The Morgan fingerprint density at radius 2 is 2.20 bits per heavy atom. The van der Waals surface area contributed by atoms with Gasteiger partial charge in [-0.25, -0.2) is 4.98 Å². The summed E-state index contributed by atoms with van der Waals surface area (Å²) in [6.07, 6.45) is 2.16. The van der Waals surface area contributed by atoms with Gasteiger partial charge in [-0.1, -0.05) is 25.1 Å². The monoisotopic (exact) mass is 285 g/mol. The van der Waals surface area contributed by atoms with Crippen molar-refractivity contribution in [3.05, 3.63) is 52.1 Å². The summed E-state index contributed by atoms with van der Waals surface area (Å²) in [5.41, 5.74) is 3.81. The zero-order valence-corrected chi connectivity index (χ0v) is 12.7. The van der Waals surface area contributed by atoms with Crippen LogP contribution in [0, 0.1) is 6.92 Å². The van der Waals surface area contributed by atoms with E-state index in [0.717, 1.165) is 30.3 Å². The summed E-state index contributed by atoms with van der Waals surface area (Å²) in [6, 6.07) is 8.69. The molecule has 0 spiro atoms. The molecule has 0 aliphatic rings. The zero-order valence-electron chi connectivity index (χ0n) is 11.9. The number of rotatable bonds is 5. The van der Waals surface area contributed by atoms with Crippen LogP contribution in [0.3, 0.4) is 0 Å². The molecule has 0 fully saturated rings. The quantitative estimate of drug-likeness (QED) is 0.776. The molecule has 3 nitrogen and oxygen atoms in total. The van der Waals surface area contributed by atoms with Crippen LogP contribution >= 0.6 is 11.3 Å². The first-order valence-corrected chi connectivity index (χ1v) is 7.84. The maximum absolute atomic E-state index is 4.57. The lowest BCUT2D eigenvalue weighted by molar-refractivity contribution is 0.723. The van der Waals surface area contributed by atoms with E-state index in [-0.39, 0.29) is 0 Å². The predicted octanol–water partition coefficient (Wildman–Crippen LogP) is 3.56. The molecule has 2 aromatic heterocycles. The number of aromatic nitrogens is 2. The lowest BCUT2D eigenvalue weighted by Crippen LogP contribution is -2.13. The van der Waals surface area contributed by atoms with E-state index in [2.05, 4.69) is 64.6 Å². The molecule has 0 radical (unpaired) electrons. The summed E-state index contributed by atoms with van der Waals surface area (Å²) in [5.74, 6) is 0. The number of thiazole rings is 1. The van der Waals surface area contributed by atoms with Crippen molar-refractivity contribution in [2.45, 2.75) is 26.9 Å². The minimum Gasteiger partial charge on any atom is -0.341 e. The number of nitrogens with zero attached hydrogens (tertiary/aromatic N) is 2. The van der Waals surface area contributed by atoms with E-state index < -0.39 is 0 Å². The minimum atomic E-state index is 0.844. The second-order valence-corrected chi connectivity index (χ2v) is 6.00. The molecule has 2 heterocycles. The van der Waals surface area contributed by atoms with Crippen LogP contribution in [0.15, 0.2) is 35.8 Å². The molecule has 4 heteroatoms. The summed E-state index contributed by atoms with van der Waals surface area (Å²) in [7, 11) is 0. The van der Waals surface area contributed by atoms with Crippen molar-refractivity contribution in [3.8, 4) is 0 Å². The third kappa shape index (κ3) is 2.62. The minimum absolute atomic E-state index is 0.844. The van der Waals surface area contributed by atoms with Crippen molar-refractivity contribution in [1.29, 1.82) is 0 Å². The maximum Gasteiger partial charge on any atom is 0.0898 e. The zero-order chi connectivity index (χ0) is 13.9. The summed E-state index contributed by atoms with van der Waals surface area (Å²) in [4.78, 5) is 4.57. The van der Waals surface area contributed by atoms with Gasteiger partial charge in [-0.3, -0.25) is 0 Å². The second kappa shape index (κ2) is 5.77. The van der Waals surface area contributed by atoms with Crippen molar-refractivity contribution in [1.82, 2.24) is 14.9 Å². The van der Waals surface area contributed by atoms with Crippen LogP contribution in [0.1, 0.15) is 23.2 Å². The van der Waals surface area contributed by atoms with Crippen molar-refractivity contribution in [2.24, 2.45) is 0 Å². The fourth-order valence-corrected chi connectivity index (χ4v) is 3.13. The standard InChI is InChI=1S/C16H19N3S/c1-3-17-9-14-6-4-5-13-7-8-19(16(13)14)10-15-11-20-12(2)18-15/h4-8,11,17H,3,9-10H2,1-2H3. The van der Waals surface area contributed by atoms with Crippen molar-refractivity contribution in [2.75, 3.05) is 6.54 Å². The van der Waals surface area contributed by atoms with Crippen molar-refractivity contribution in [3.63, 3.8) is 0 Å². The van der Waals surface area contributed by atoms with E-state index in [0.29, 0.717) is 0 Å². The molecule has 3 rings (SSSR count). The lowest BCUT2D eigenvalue weighted by Gasteiger charge is -2.09. The molecule has 104 valence electrons. The van der Waals surface area contributed by atoms with Crippen molar-refractivity contribution >= 4 is 22.2 Å². The number of aryl methyl sites for hydroxylation is 1. The van der Waals surface area contributed by atoms with Crippen LogP contribution in [0.25, 0.3) is 10.9 Å². The van der Waals surface area contributed by atoms with Crippen LogP contribution < -0.4 is 5.32 Å². The highest BCUT2D eigenvalue weighted by atomic mass is 32.1. The van der Waals surface area contributed by atoms with Gasteiger partial charge in [0, 0.05) is 18.1 Å². The number of nitrogens with one attached hydrogen (secondary N) is 1. The Hall–Kier alpha value is -1.65. The summed E-state index contributed by atoms with van der Waals surface area (Å²) in [5, 5.41) is 7.99. The highest BCUT2D eigenvalue weighted by molar-refractivity contribution is 7.09. The number of hydrogen-bond donors (Lipinski definition) is 1. The van der Waals surface area contributed by atoms with Gasteiger partial charge in [-0.2, -0.15) is 0 Å². The van der Waals surface area contributed by atoms with Crippen LogP contribution in [-0.2, 0) is 13.1 Å². The lowest BCUT2D eigenvalue weighted by atomic mass is 10.1. The van der Waals surface area contributed by atoms with E-state index in [1.54, 1.807) is 11.3 Å². The van der Waals surface area contributed by atoms with Gasteiger partial charge in [0.25, 0.3) is 0 Å². The molecule has 1 N–H and O–H groups in total. The Kier molecular flexibility index (Phi) is 3.85. The first-order chi connectivity index (χ1) is 9.78. The SMILES string of the molecule is CCNCc1cccc2ccn(Cc3csc(C)n3)c12. The molecule has 3 aromatic rings. The van der Waals surface area contributed by atoms with E-state index in [9.17, 15) is 0 Å². The smallest absolute Gasteiger partial charge is 0.0898 e. The van der Waals surface area contributed by atoms with Gasteiger partial charge < -0.3 is 9.88 Å². The van der Waals surface area contributed by atoms with Gasteiger partial charge >= 0.3 is 0 Å². The van der Waals surface area contributed by atoms with Crippen LogP contribution in [0.4, 0.5) is 0 Å². The maximum atomic E-state index is 4.57. The Morgan fingerprint density at radius 3 is 2.95 bits per heavy atom. The fourth-order valence-electron chi connectivity index (χ4n) is 2.53. The number of para-hydroxylation sites is 1. The second-order valence-electron chi connectivity index (χ2n) is 4.94. The Bertz CT molecular complexity index is 711. The molecule has 0 aliphatic heterocycles. The fraction of sp³-hybridized carbons (Fsp3) is 0.312. The van der Waals surface area contributed by atoms with Gasteiger partial charge in [0.2, 0.25) is 0 Å². The normalized spacial score (nSPS) is 11.3. The van der Waals surface area contributed by atoms with Crippen LogP contribution in [-0.4, -0.2) is 16.1 Å². The predicted molar refractivity (Wildman–Crippen MR) is 85.3 cm³/mol. The molecule has 0 amide bonds. The molecule has 0 saturated carbocycles. The molecular weight excluding hydrogens is 266 g/mol. The van der Waals surface area contributed by atoms with Crippen LogP contribution in [0.5, 0.6) is 0 Å². The van der Waals surface area contributed by atoms with Gasteiger partial charge in [-0.15, -0.1) is 11.3 Å². The topological polar surface area (TPSA) is 29.9 Å².